The number of amides is 4. The first-order valence-electron chi connectivity index (χ1n) is 15.8. The molecule has 0 bridgehead atoms. The molecule has 0 aromatic rings. The zero-order valence-electron chi connectivity index (χ0n) is 27.2. The van der Waals surface area contributed by atoms with Crippen molar-refractivity contribution in [1.82, 2.24) is 21.3 Å². The molecular formula is C28H49N5O16. The van der Waals surface area contributed by atoms with Crippen LogP contribution in [0, 0.1) is 0 Å². The lowest BCUT2D eigenvalue weighted by Crippen LogP contribution is -2.70. The second-order valence-electron chi connectivity index (χ2n) is 12.4. The summed E-state index contributed by atoms with van der Waals surface area (Å²) in [7, 11) is 0. The highest BCUT2D eigenvalue weighted by atomic mass is 16.7. The van der Waals surface area contributed by atoms with Crippen LogP contribution in [0.15, 0.2) is 0 Å². The van der Waals surface area contributed by atoms with Crippen LogP contribution in [-0.4, -0.2) is 182 Å². The van der Waals surface area contributed by atoms with Gasteiger partial charge in [0.25, 0.3) is 0 Å². The Labute approximate surface area is 281 Å². The van der Waals surface area contributed by atoms with Gasteiger partial charge in [0.1, 0.15) is 67.1 Å². The fourth-order valence-electron chi connectivity index (χ4n) is 5.87. The van der Waals surface area contributed by atoms with Crippen LogP contribution in [-0.2, 0) is 38.1 Å². The summed E-state index contributed by atoms with van der Waals surface area (Å²) in [6.45, 7) is 2.49. The summed E-state index contributed by atoms with van der Waals surface area (Å²) in [4.78, 5) is 47.9. The summed E-state index contributed by atoms with van der Waals surface area (Å²) < 4.78 is 23.0. The highest BCUT2D eigenvalue weighted by molar-refractivity contribution is 5.81. The van der Waals surface area contributed by atoms with Gasteiger partial charge in [-0.15, -0.1) is 0 Å². The first kappa shape index (κ1) is 40.8. The average Bonchev–Trinajstić information content (AvgIpc) is 3.03. The zero-order valence-corrected chi connectivity index (χ0v) is 27.2. The van der Waals surface area contributed by atoms with Gasteiger partial charge in [0.2, 0.25) is 23.6 Å². The van der Waals surface area contributed by atoms with Crippen molar-refractivity contribution in [3.8, 4) is 0 Å². The van der Waals surface area contributed by atoms with Crippen LogP contribution in [0.1, 0.15) is 33.6 Å². The molecule has 3 rings (SSSR count). The van der Waals surface area contributed by atoms with Gasteiger partial charge in [-0.2, -0.15) is 0 Å². The molecule has 16 atom stereocenters. The molecule has 0 aromatic carbocycles. The molecule has 2 aliphatic heterocycles. The van der Waals surface area contributed by atoms with Gasteiger partial charge in [-0.05, 0) is 12.8 Å². The molecule has 14 N–H and O–H groups in total. The van der Waals surface area contributed by atoms with Crippen molar-refractivity contribution in [2.75, 3.05) is 19.7 Å². The molecule has 4 amide bonds. The smallest absolute Gasteiger partial charge is 0.249 e. The van der Waals surface area contributed by atoms with Crippen LogP contribution in [0.2, 0.25) is 0 Å². The lowest BCUT2D eigenvalue weighted by atomic mass is 9.82. The van der Waals surface area contributed by atoms with Crippen LogP contribution in [0.25, 0.3) is 0 Å². The van der Waals surface area contributed by atoms with Crippen molar-refractivity contribution in [3.05, 3.63) is 0 Å². The van der Waals surface area contributed by atoms with E-state index in [-0.39, 0.29) is 25.9 Å². The highest BCUT2D eigenvalue weighted by Gasteiger charge is 2.53. The monoisotopic (exact) mass is 711 g/mol. The van der Waals surface area contributed by atoms with Crippen molar-refractivity contribution in [2.24, 2.45) is 5.73 Å². The summed E-state index contributed by atoms with van der Waals surface area (Å²) >= 11 is 0. The number of rotatable bonds is 13. The molecule has 0 radical (unpaired) electrons. The number of ether oxygens (including phenoxy) is 4. The van der Waals surface area contributed by atoms with Gasteiger partial charge in [-0.1, -0.05) is 0 Å². The Hall–Kier alpha value is -2.64. The predicted molar refractivity (Wildman–Crippen MR) is 160 cm³/mol. The molecule has 0 spiro atoms. The number of nitrogens with two attached hydrogens (primary N) is 1. The summed E-state index contributed by atoms with van der Waals surface area (Å²) in [5.74, 6) is -2.47. The standard InChI is InChI=1S/C28H49N5O16/c1-9(35)30-5-4-14(38)26(45)33-13-6-12(32-11(3)37)24(49-28-22(43)21(42)19(40)15(46-28)7-31-10(2)36)23(44)25(13)48-27-20(41)17(29)18(39)16(8-34)47-27/h12-25,27-28,34,38-44H,4-8,29H2,1-3H3,(H,30,35)(H,31,36)(H,32,37)(H,33,45)/t12-,13+,14-,15+,16+,17-,18+,19+,20+,21-,22+,23-,24+,25-,27+,28+/m0/s1. The Balaban J connectivity index is 1.93. The van der Waals surface area contributed by atoms with E-state index in [1.165, 1.54) is 13.8 Å². The van der Waals surface area contributed by atoms with E-state index < -0.39 is 128 Å². The fraction of sp³-hybridized carbons (Fsp3) is 0.857. The molecule has 3 fully saturated rings. The number of nitrogens with one attached hydrogen (secondary N) is 4. The van der Waals surface area contributed by atoms with E-state index in [4.69, 9.17) is 24.7 Å². The number of aliphatic hydroxyl groups is 8. The molecule has 2 heterocycles. The van der Waals surface area contributed by atoms with Crippen molar-refractivity contribution < 1.29 is 79.0 Å². The Morgan fingerprint density at radius 1 is 0.735 bits per heavy atom. The van der Waals surface area contributed by atoms with Crippen LogP contribution in [0.5, 0.6) is 0 Å². The quantitative estimate of drug-likeness (QED) is 0.0843. The van der Waals surface area contributed by atoms with Gasteiger partial charge in [-0.25, -0.2) is 0 Å². The van der Waals surface area contributed by atoms with Gasteiger partial charge >= 0.3 is 0 Å². The molecule has 0 unspecified atom stereocenters. The third kappa shape index (κ3) is 10.4. The molecule has 3 aliphatic rings. The van der Waals surface area contributed by atoms with Crippen molar-refractivity contribution in [1.29, 1.82) is 0 Å². The Bertz CT molecular complexity index is 1140. The maximum Gasteiger partial charge on any atom is 0.249 e. The number of hydrogen-bond acceptors (Lipinski definition) is 17. The second-order valence-corrected chi connectivity index (χ2v) is 12.4. The summed E-state index contributed by atoms with van der Waals surface area (Å²) in [5, 5.41) is 94.5. The molecule has 1 aliphatic carbocycles. The molecule has 282 valence electrons. The first-order chi connectivity index (χ1) is 23.0. The van der Waals surface area contributed by atoms with Gasteiger partial charge in [-0.3, -0.25) is 19.2 Å². The molecule has 21 heteroatoms. The lowest BCUT2D eigenvalue weighted by Gasteiger charge is -2.49. The van der Waals surface area contributed by atoms with Crippen LogP contribution in [0.4, 0.5) is 0 Å². The summed E-state index contributed by atoms with van der Waals surface area (Å²) in [6, 6.07) is -3.86. The average molecular weight is 712 g/mol. The fourth-order valence-corrected chi connectivity index (χ4v) is 5.87. The van der Waals surface area contributed by atoms with Crippen LogP contribution >= 0.6 is 0 Å². The minimum atomic E-state index is -1.90. The van der Waals surface area contributed by atoms with Gasteiger partial charge in [0, 0.05) is 33.9 Å². The van der Waals surface area contributed by atoms with E-state index in [0.717, 1.165) is 6.92 Å². The Kier molecular flexibility index (Phi) is 15.0. The highest BCUT2D eigenvalue weighted by Crippen LogP contribution is 2.33. The normalized spacial score (nSPS) is 40.1. The third-order valence-corrected chi connectivity index (χ3v) is 8.53. The van der Waals surface area contributed by atoms with E-state index >= 15 is 0 Å². The third-order valence-electron chi connectivity index (χ3n) is 8.53. The van der Waals surface area contributed by atoms with Crippen molar-refractivity contribution in [2.45, 2.75) is 131 Å². The van der Waals surface area contributed by atoms with Crippen molar-refractivity contribution >= 4 is 23.6 Å². The van der Waals surface area contributed by atoms with Gasteiger partial charge < -0.3 is 86.8 Å². The first-order valence-corrected chi connectivity index (χ1v) is 15.8. The number of carbonyl (C=O) groups excluding carboxylic acids is 4. The van der Waals surface area contributed by atoms with E-state index in [0.29, 0.717) is 0 Å². The summed E-state index contributed by atoms with van der Waals surface area (Å²) in [5.41, 5.74) is 5.91. The van der Waals surface area contributed by atoms with E-state index in [9.17, 15) is 60.0 Å². The summed E-state index contributed by atoms with van der Waals surface area (Å²) in [6.07, 6.45) is -22.0. The molecule has 2 saturated heterocycles. The van der Waals surface area contributed by atoms with Crippen molar-refractivity contribution in [3.63, 3.8) is 0 Å². The second kappa shape index (κ2) is 18.0. The van der Waals surface area contributed by atoms with Crippen LogP contribution < -0.4 is 27.0 Å². The van der Waals surface area contributed by atoms with E-state index in [2.05, 4.69) is 21.3 Å². The van der Waals surface area contributed by atoms with E-state index in [1.54, 1.807) is 0 Å². The minimum Gasteiger partial charge on any atom is -0.394 e. The molecule has 49 heavy (non-hydrogen) atoms. The topological polar surface area (TPSA) is 341 Å². The predicted octanol–water partition coefficient (Wildman–Crippen LogP) is -7.89. The molecule has 21 nitrogen and oxygen atoms in total. The number of aliphatic hydroxyl groups excluding tert-OH is 8. The molecule has 1 saturated carbocycles. The minimum absolute atomic E-state index is 0.0559. The largest absolute Gasteiger partial charge is 0.394 e. The van der Waals surface area contributed by atoms with Gasteiger partial charge in [0.15, 0.2) is 12.6 Å². The SMILES string of the molecule is CC(=O)NCC[C@H](O)C(=O)N[C@@H]1C[C@H](NC(C)=O)[C@@H](O[C@H]2O[C@H](CNC(C)=O)[C@@H](O)[C@H](O)[C@H]2O)[C@H](O)[C@H]1O[C@H]1O[C@H](CO)[C@@H](O)[C@H](N)[C@H]1O. The lowest BCUT2D eigenvalue weighted by molar-refractivity contribution is -0.333. The number of carbonyl (C=O) groups is 4. The molecule has 0 aromatic heterocycles. The Morgan fingerprint density at radius 2 is 1.29 bits per heavy atom. The number of hydrogen-bond donors (Lipinski definition) is 13. The van der Waals surface area contributed by atoms with Crippen LogP contribution in [0.3, 0.4) is 0 Å². The zero-order chi connectivity index (χ0) is 36.7. The van der Waals surface area contributed by atoms with Gasteiger partial charge in [0.05, 0.1) is 24.7 Å². The maximum absolute atomic E-state index is 13.0. The maximum atomic E-state index is 13.0. The molecular weight excluding hydrogens is 662 g/mol. The Morgan fingerprint density at radius 3 is 1.84 bits per heavy atom. The van der Waals surface area contributed by atoms with E-state index in [1.807, 2.05) is 0 Å².